The molecule has 1 unspecified atom stereocenters. The number of nitrogens with zero attached hydrogens (tertiary/aromatic N) is 3. The van der Waals surface area contributed by atoms with Gasteiger partial charge in [-0.05, 0) is 88.3 Å². The van der Waals surface area contributed by atoms with Gasteiger partial charge in [0.15, 0.2) is 0 Å². The lowest BCUT2D eigenvalue weighted by molar-refractivity contribution is 0.203. The van der Waals surface area contributed by atoms with E-state index in [1.165, 1.54) is 58.2 Å². The smallest absolute Gasteiger partial charge is 0.226 e. The summed E-state index contributed by atoms with van der Waals surface area (Å²) in [7, 11) is 0. The Morgan fingerprint density at radius 2 is 1.87 bits per heavy atom. The number of ether oxygens (including phenoxy) is 1. The number of aromatic nitrogens is 1. The highest BCUT2D eigenvalue weighted by molar-refractivity contribution is 5.54. The van der Waals surface area contributed by atoms with Gasteiger partial charge >= 0.3 is 0 Å². The second-order valence-electron chi connectivity index (χ2n) is 9.67. The van der Waals surface area contributed by atoms with Crippen LogP contribution in [0.1, 0.15) is 64.5 Å². The van der Waals surface area contributed by atoms with Crippen LogP contribution in [0.4, 0.5) is 0 Å². The molecule has 2 saturated heterocycles. The molecule has 2 aromatic rings. The van der Waals surface area contributed by atoms with E-state index >= 15 is 0 Å². The first-order chi connectivity index (χ1) is 15.2. The van der Waals surface area contributed by atoms with Crippen molar-refractivity contribution in [3.8, 4) is 17.2 Å². The largest absolute Gasteiger partial charge is 0.494 e. The second kappa shape index (κ2) is 11.1. The molecule has 1 aromatic carbocycles. The van der Waals surface area contributed by atoms with Gasteiger partial charge in [-0.25, -0.2) is 4.98 Å². The molecule has 0 saturated carbocycles. The Hall–Kier alpha value is -1.85. The van der Waals surface area contributed by atoms with Gasteiger partial charge < -0.3 is 14.1 Å². The highest BCUT2D eigenvalue weighted by Gasteiger charge is 2.24. The first-order valence-corrected chi connectivity index (χ1v) is 12.3. The van der Waals surface area contributed by atoms with Crippen molar-refractivity contribution in [1.82, 2.24) is 14.8 Å². The van der Waals surface area contributed by atoms with E-state index < -0.39 is 0 Å². The molecule has 170 valence electrons. The highest BCUT2D eigenvalue weighted by atomic mass is 16.5. The van der Waals surface area contributed by atoms with Crippen molar-refractivity contribution in [1.29, 1.82) is 0 Å². The molecule has 0 N–H and O–H groups in total. The Morgan fingerprint density at radius 3 is 2.65 bits per heavy atom. The van der Waals surface area contributed by atoms with Crippen LogP contribution in [0, 0.1) is 5.92 Å². The van der Waals surface area contributed by atoms with Gasteiger partial charge in [-0.15, -0.1) is 0 Å². The van der Waals surface area contributed by atoms with Crippen LogP contribution in [0.2, 0.25) is 0 Å². The van der Waals surface area contributed by atoms with E-state index in [9.17, 15) is 0 Å². The Morgan fingerprint density at radius 1 is 1.06 bits per heavy atom. The monoisotopic (exact) mass is 425 g/mol. The summed E-state index contributed by atoms with van der Waals surface area (Å²) >= 11 is 0. The lowest BCUT2D eigenvalue weighted by atomic mass is 10.0. The Labute approximate surface area is 187 Å². The number of likely N-dealkylation sites (tertiary alicyclic amines) is 2. The molecule has 1 atom stereocenters. The van der Waals surface area contributed by atoms with E-state index in [-0.39, 0.29) is 0 Å². The van der Waals surface area contributed by atoms with Crippen molar-refractivity contribution in [2.45, 2.75) is 71.4 Å². The first-order valence-electron chi connectivity index (χ1n) is 12.3. The van der Waals surface area contributed by atoms with Gasteiger partial charge in [0, 0.05) is 24.7 Å². The molecule has 3 heterocycles. The molecule has 0 aliphatic carbocycles. The van der Waals surface area contributed by atoms with Crippen molar-refractivity contribution in [3.05, 3.63) is 36.2 Å². The quantitative estimate of drug-likeness (QED) is 0.463. The highest BCUT2D eigenvalue weighted by Crippen LogP contribution is 2.25. The van der Waals surface area contributed by atoms with E-state index in [2.05, 4.69) is 23.6 Å². The molecule has 5 heteroatoms. The summed E-state index contributed by atoms with van der Waals surface area (Å²) < 4.78 is 11.7. The number of piperidine rings is 1. The number of benzene rings is 1. The minimum atomic E-state index is 0.698. The average Bonchev–Trinajstić information content (AvgIpc) is 3.42. The van der Waals surface area contributed by atoms with Crippen molar-refractivity contribution in [3.63, 3.8) is 0 Å². The molecular formula is C26H39N3O2. The summed E-state index contributed by atoms with van der Waals surface area (Å²) in [5, 5.41) is 0. The van der Waals surface area contributed by atoms with E-state index in [1.807, 2.05) is 24.3 Å². The molecule has 4 rings (SSSR count). The lowest BCUT2D eigenvalue weighted by Crippen LogP contribution is -2.32. The van der Waals surface area contributed by atoms with Crippen LogP contribution < -0.4 is 4.74 Å². The van der Waals surface area contributed by atoms with E-state index in [4.69, 9.17) is 14.1 Å². The predicted molar refractivity (Wildman–Crippen MR) is 125 cm³/mol. The fraction of sp³-hybridized carbons (Fsp3) is 0.654. The number of hydrogen-bond acceptors (Lipinski definition) is 5. The normalized spacial score (nSPS) is 20.5. The number of oxazole rings is 1. The minimum Gasteiger partial charge on any atom is -0.494 e. The molecule has 0 bridgehead atoms. The fourth-order valence-electron chi connectivity index (χ4n) is 5.01. The van der Waals surface area contributed by atoms with E-state index in [1.54, 1.807) is 6.26 Å². The van der Waals surface area contributed by atoms with Crippen molar-refractivity contribution in [2.24, 2.45) is 5.92 Å². The van der Waals surface area contributed by atoms with Crippen LogP contribution in [0.25, 0.3) is 11.5 Å². The zero-order valence-corrected chi connectivity index (χ0v) is 19.4. The zero-order chi connectivity index (χ0) is 21.5. The topological polar surface area (TPSA) is 41.7 Å². The lowest BCUT2D eigenvalue weighted by Gasteiger charge is -2.25. The Kier molecular flexibility index (Phi) is 8.03. The summed E-state index contributed by atoms with van der Waals surface area (Å²) in [6.45, 7) is 11.1. The molecule has 2 aliphatic rings. The van der Waals surface area contributed by atoms with Gasteiger partial charge in [-0.1, -0.05) is 20.3 Å². The molecule has 0 radical (unpaired) electrons. The third kappa shape index (κ3) is 6.56. The Balaban J connectivity index is 1.21. The van der Waals surface area contributed by atoms with Gasteiger partial charge in [-0.2, -0.15) is 0 Å². The molecule has 31 heavy (non-hydrogen) atoms. The molecule has 2 fully saturated rings. The van der Waals surface area contributed by atoms with Gasteiger partial charge in [-0.3, -0.25) is 4.90 Å². The van der Waals surface area contributed by atoms with Crippen LogP contribution in [-0.4, -0.2) is 53.6 Å². The molecule has 1 aromatic heterocycles. The summed E-state index contributed by atoms with van der Waals surface area (Å²) in [6, 6.07) is 8.93. The van der Waals surface area contributed by atoms with Crippen molar-refractivity contribution < 1.29 is 9.15 Å². The average molecular weight is 426 g/mol. The third-order valence-corrected chi connectivity index (χ3v) is 6.59. The predicted octanol–water partition coefficient (Wildman–Crippen LogP) is 5.61. The van der Waals surface area contributed by atoms with Crippen LogP contribution in [0.3, 0.4) is 0 Å². The molecule has 0 spiro atoms. The van der Waals surface area contributed by atoms with Crippen molar-refractivity contribution >= 4 is 0 Å². The summed E-state index contributed by atoms with van der Waals surface area (Å²) in [5.74, 6) is 2.40. The zero-order valence-electron chi connectivity index (χ0n) is 19.4. The minimum absolute atomic E-state index is 0.698. The molecule has 5 nitrogen and oxygen atoms in total. The summed E-state index contributed by atoms with van der Waals surface area (Å²) in [4.78, 5) is 9.83. The van der Waals surface area contributed by atoms with Gasteiger partial charge in [0.2, 0.25) is 5.89 Å². The molecular weight excluding hydrogens is 386 g/mol. The SMILES string of the molecule is CC(C)CC1CCCN1CCCOc1ccc(-c2nc(CN3CCCCC3)co2)cc1. The molecule has 0 amide bonds. The maximum absolute atomic E-state index is 5.99. The van der Waals surface area contributed by atoms with E-state index in [0.29, 0.717) is 5.89 Å². The van der Waals surface area contributed by atoms with Gasteiger partial charge in [0.05, 0.1) is 12.3 Å². The van der Waals surface area contributed by atoms with Crippen LogP contribution in [0.15, 0.2) is 34.9 Å². The molecule has 2 aliphatic heterocycles. The maximum Gasteiger partial charge on any atom is 0.226 e. The van der Waals surface area contributed by atoms with Crippen LogP contribution in [0.5, 0.6) is 5.75 Å². The standard InChI is InChI=1S/C26H39N3O2/c1-21(2)18-24-8-6-15-29(24)16-7-17-30-25-11-9-22(10-12-25)26-27-23(20-31-26)19-28-13-4-3-5-14-28/h9-12,20-21,24H,3-8,13-19H2,1-2H3. The van der Waals surface area contributed by atoms with Crippen molar-refractivity contribution in [2.75, 3.05) is 32.8 Å². The second-order valence-corrected chi connectivity index (χ2v) is 9.67. The van der Waals surface area contributed by atoms with Crippen LogP contribution >= 0.6 is 0 Å². The third-order valence-electron chi connectivity index (χ3n) is 6.59. The fourth-order valence-corrected chi connectivity index (χ4v) is 5.01. The summed E-state index contributed by atoms with van der Waals surface area (Å²) in [6.07, 6.45) is 10.9. The van der Waals surface area contributed by atoms with E-state index in [0.717, 1.165) is 55.1 Å². The van der Waals surface area contributed by atoms with Crippen LogP contribution in [-0.2, 0) is 6.54 Å². The first kappa shape index (κ1) is 22.3. The number of hydrogen-bond donors (Lipinski definition) is 0. The number of rotatable bonds is 10. The maximum atomic E-state index is 5.99. The summed E-state index contributed by atoms with van der Waals surface area (Å²) in [5.41, 5.74) is 2.03. The Bertz CT molecular complexity index is 780. The van der Waals surface area contributed by atoms with Gasteiger partial charge in [0.25, 0.3) is 0 Å². The van der Waals surface area contributed by atoms with Gasteiger partial charge in [0.1, 0.15) is 12.0 Å².